The van der Waals surface area contributed by atoms with Crippen LogP contribution in [0.25, 0.3) is 16.7 Å². The van der Waals surface area contributed by atoms with Crippen LogP contribution in [0.4, 0.5) is 4.39 Å². The summed E-state index contributed by atoms with van der Waals surface area (Å²) in [6.45, 7) is 6.33. The zero-order valence-corrected chi connectivity index (χ0v) is 22.0. The highest BCUT2D eigenvalue weighted by molar-refractivity contribution is 5.80. The number of para-hydroxylation sites is 1. The second kappa shape index (κ2) is 11.6. The average molecular weight is 531 g/mol. The summed E-state index contributed by atoms with van der Waals surface area (Å²) in [5.74, 6) is 1.43. The summed E-state index contributed by atoms with van der Waals surface area (Å²) >= 11 is 0. The molecule has 1 N–H and O–H groups in total. The molecule has 9 nitrogen and oxygen atoms in total. The summed E-state index contributed by atoms with van der Waals surface area (Å²) < 4.78 is 22.2. The lowest BCUT2D eigenvalue weighted by Crippen LogP contribution is -2.38. The lowest BCUT2D eigenvalue weighted by Gasteiger charge is -2.25. The molecule has 0 aliphatic rings. The first-order chi connectivity index (χ1) is 18.9. The summed E-state index contributed by atoms with van der Waals surface area (Å²) in [7, 11) is 0. The first kappa shape index (κ1) is 26.3. The van der Waals surface area contributed by atoms with E-state index in [2.05, 4.69) is 34.3 Å². The van der Waals surface area contributed by atoms with Gasteiger partial charge in [0.15, 0.2) is 0 Å². The van der Waals surface area contributed by atoms with E-state index in [0.29, 0.717) is 54.6 Å². The van der Waals surface area contributed by atoms with E-state index in [1.807, 2.05) is 34.7 Å². The molecular formula is C29H31FN6O3. The van der Waals surface area contributed by atoms with Crippen molar-refractivity contribution in [3.63, 3.8) is 0 Å². The van der Waals surface area contributed by atoms with Crippen LogP contribution in [0.3, 0.4) is 0 Å². The fourth-order valence-corrected chi connectivity index (χ4v) is 4.67. The van der Waals surface area contributed by atoms with Gasteiger partial charge in [-0.15, -0.1) is 10.2 Å². The first-order valence-corrected chi connectivity index (χ1v) is 13.0. The van der Waals surface area contributed by atoms with Crippen molar-refractivity contribution in [1.82, 2.24) is 29.4 Å². The number of aromatic nitrogens is 4. The molecule has 0 aliphatic carbocycles. The Morgan fingerprint density at radius 3 is 2.62 bits per heavy atom. The summed E-state index contributed by atoms with van der Waals surface area (Å²) in [4.78, 5) is 28.3. The molecular weight excluding hydrogens is 499 g/mol. The second-order valence-corrected chi connectivity index (χ2v) is 9.78. The van der Waals surface area contributed by atoms with Crippen LogP contribution in [0.2, 0.25) is 0 Å². The van der Waals surface area contributed by atoms with E-state index in [1.165, 1.54) is 16.7 Å². The minimum absolute atomic E-state index is 0.0857. The number of aryl methyl sites for hydroxylation is 1. The molecule has 0 spiro atoms. The van der Waals surface area contributed by atoms with E-state index in [-0.39, 0.29) is 30.2 Å². The van der Waals surface area contributed by atoms with Gasteiger partial charge >= 0.3 is 0 Å². The van der Waals surface area contributed by atoms with Crippen LogP contribution in [0.5, 0.6) is 0 Å². The van der Waals surface area contributed by atoms with Gasteiger partial charge in [-0.05, 0) is 55.8 Å². The molecule has 0 fully saturated rings. The maximum atomic E-state index is 13.4. The molecule has 0 aliphatic heterocycles. The van der Waals surface area contributed by atoms with Gasteiger partial charge in [-0.25, -0.2) is 4.39 Å². The molecule has 1 amide bonds. The molecule has 0 saturated heterocycles. The fraction of sp³-hybridized carbons (Fsp3) is 0.310. The van der Waals surface area contributed by atoms with E-state index >= 15 is 0 Å². The minimum Gasteiger partial charge on any atom is -0.468 e. The maximum absolute atomic E-state index is 13.4. The van der Waals surface area contributed by atoms with Gasteiger partial charge in [-0.3, -0.25) is 23.5 Å². The number of carbonyl (C=O) groups is 1. The smallest absolute Gasteiger partial charge is 0.263 e. The number of rotatable bonds is 11. The highest BCUT2D eigenvalue weighted by Gasteiger charge is 2.18. The van der Waals surface area contributed by atoms with E-state index < -0.39 is 0 Å². The summed E-state index contributed by atoms with van der Waals surface area (Å²) in [6, 6.07) is 17.4. The molecule has 0 saturated carbocycles. The fourth-order valence-electron chi connectivity index (χ4n) is 4.67. The van der Waals surface area contributed by atoms with Crippen molar-refractivity contribution >= 4 is 22.6 Å². The van der Waals surface area contributed by atoms with Crippen LogP contribution < -0.4 is 10.9 Å². The van der Waals surface area contributed by atoms with Crippen LogP contribution in [0, 0.1) is 5.82 Å². The molecule has 39 heavy (non-hydrogen) atoms. The van der Waals surface area contributed by atoms with Gasteiger partial charge in [0.1, 0.15) is 17.4 Å². The lowest BCUT2D eigenvalue weighted by molar-refractivity contribution is -0.121. The van der Waals surface area contributed by atoms with Gasteiger partial charge in [0.25, 0.3) is 5.56 Å². The maximum Gasteiger partial charge on any atom is 0.263 e. The first-order valence-electron chi connectivity index (χ1n) is 13.0. The number of nitrogens with zero attached hydrogens (tertiary/aromatic N) is 5. The normalized spacial score (nSPS) is 11.7. The number of hydrogen-bond donors (Lipinski definition) is 1. The van der Waals surface area contributed by atoms with Crippen LogP contribution in [0.1, 0.15) is 37.4 Å². The highest BCUT2D eigenvalue weighted by Crippen LogP contribution is 2.17. The second-order valence-electron chi connectivity index (χ2n) is 9.78. The van der Waals surface area contributed by atoms with E-state index in [1.54, 1.807) is 24.5 Å². The third kappa shape index (κ3) is 5.91. The number of furan rings is 1. The predicted octanol–water partition coefficient (Wildman–Crippen LogP) is 3.78. The number of hydrogen-bond acceptors (Lipinski definition) is 6. The Morgan fingerprint density at radius 2 is 1.87 bits per heavy atom. The molecule has 5 rings (SSSR count). The monoisotopic (exact) mass is 530 g/mol. The van der Waals surface area contributed by atoms with Crippen LogP contribution in [-0.4, -0.2) is 49.1 Å². The number of amides is 1. The molecule has 0 bridgehead atoms. The SMILES string of the molecule is CC(C)N(CCNC(=O)CCc1nnc2n(Cc3ccc(F)cc3)c(=O)c3ccccc3n12)Cc1ccco1. The van der Waals surface area contributed by atoms with Crippen LogP contribution in [-0.2, 0) is 24.3 Å². The third-order valence-corrected chi connectivity index (χ3v) is 6.80. The van der Waals surface area contributed by atoms with Crippen molar-refractivity contribution in [3.8, 4) is 0 Å². The third-order valence-electron chi connectivity index (χ3n) is 6.80. The Labute approximate surface area is 224 Å². The Balaban J connectivity index is 1.30. The van der Waals surface area contributed by atoms with Crippen molar-refractivity contribution in [2.24, 2.45) is 0 Å². The zero-order chi connectivity index (χ0) is 27.4. The molecule has 10 heteroatoms. The number of halogens is 1. The lowest BCUT2D eigenvalue weighted by atomic mass is 10.2. The van der Waals surface area contributed by atoms with Crippen molar-refractivity contribution in [3.05, 3.63) is 100 Å². The van der Waals surface area contributed by atoms with Crippen molar-refractivity contribution < 1.29 is 13.6 Å². The molecule has 202 valence electrons. The number of benzene rings is 2. The quantitative estimate of drug-likeness (QED) is 0.279. The van der Waals surface area contributed by atoms with Gasteiger partial charge in [0.2, 0.25) is 11.7 Å². The van der Waals surface area contributed by atoms with Gasteiger partial charge in [0, 0.05) is 32.0 Å². The number of nitrogens with one attached hydrogen (secondary N) is 1. The molecule has 0 radical (unpaired) electrons. The van der Waals surface area contributed by atoms with Crippen molar-refractivity contribution in [2.45, 2.75) is 45.8 Å². The van der Waals surface area contributed by atoms with Crippen molar-refractivity contribution in [2.75, 3.05) is 13.1 Å². The Hall–Kier alpha value is -4.31. The molecule has 3 aromatic heterocycles. The number of fused-ring (bicyclic) bond motifs is 3. The Kier molecular flexibility index (Phi) is 7.83. The Morgan fingerprint density at radius 1 is 1.08 bits per heavy atom. The summed E-state index contributed by atoms with van der Waals surface area (Å²) in [6.07, 6.45) is 2.24. The molecule has 2 aromatic carbocycles. The van der Waals surface area contributed by atoms with E-state index in [9.17, 15) is 14.0 Å². The van der Waals surface area contributed by atoms with Gasteiger partial charge in [0.05, 0.1) is 30.3 Å². The topological polar surface area (TPSA) is 97.7 Å². The molecule has 0 unspecified atom stereocenters. The van der Waals surface area contributed by atoms with Crippen LogP contribution >= 0.6 is 0 Å². The zero-order valence-electron chi connectivity index (χ0n) is 22.0. The molecule has 5 aromatic rings. The standard InChI is InChI=1S/C29H31FN6O3/c1-20(2)34(19-23-6-5-17-39-23)16-15-31-27(37)14-13-26-32-33-29-35(18-21-9-11-22(30)12-10-21)28(38)24-7-3-4-8-25(24)36(26)29/h3-12,17,20H,13-16,18-19H2,1-2H3,(H,31,37). The van der Waals surface area contributed by atoms with E-state index in [4.69, 9.17) is 4.42 Å². The number of carbonyl (C=O) groups excluding carboxylic acids is 1. The van der Waals surface area contributed by atoms with Crippen LogP contribution in [0.15, 0.2) is 76.1 Å². The summed E-state index contributed by atoms with van der Waals surface area (Å²) in [5, 5.41) is 12.2. The van der Waals surface area contributed by atoms with Gasteiger partial charge in [-0.2, -0.15) is 0 Å². The minimum atomic E-state index is -0.341. The van der Waals surface area contributed by atoms with Gasteiger partial charge < -0.3 is 9.73 Å². The van der Waals surface area contributed by atoms with Crippen molar-refractivity contribution in [1.29, 1.82) is 0 Å². The summed E-state index contributed by atoms with van der Waals surface area (Å²) in [5.41, 5.74) is 1.24. The largest absolute Gasteiger partial charge is 0.468 e. The average Bonchev–Trinajstić information content (AvgIpc) is 3.60. The molecule has 0 atom stereocenters. The molecule has 3 heterocycles. The van der Waals surface area contributed by atoms with Gasteiger partial charge in [-0.1, -0.05) is 24.3 Å². The van der Waals surface area contributed by atoms with E-state index in [0.717, 1.165) is 11.3 Å². The highest BCUT2D eigenvalue weighted by atomic mass is 19.1. The Bertz CT molecular complexity index is 1620. The predicted molar refractivity (Wildman–Crippen MR) is 146 cm³/mol.